The molecular weight excluding hydrogens is 266 g/mol. The van der Waals surface area contributed by atoms with Crippen LogP contribution in [0.15, 0.2) is 24.3 Å². The van der Waals surface area contributed by atoms with Gasteiger partial charge in [-0.05, 0) is 23.6 Å². The molecule has 21 heavy (non-hydrogen) atoms. The second-order valence-electron chi connectivity index (χ2n) is 6.48. The first-order chi connectivity index (χ1) is 9.70. The number of benzene rings is 1. The maximum absolute atomic E-state index is 11.2. The van der Waals surface area contributed by atoms with E-state index in [0.717, 1.165) is 5.69 Å². The Balaban J connectivity index is 2.62. The number of carboxylic acids is 1. The third kappa shape index (κ3) is 3.12. The molecule has 0 unspecified atom stereocenters. The molecule has 0 aliphatic carbocycles. The molecule has 1 aromatic heterocycles. The molecule has 0 saturated carbocycles. The number of aromatic carboxylic acids is 1. The molecular formula is C16H21N3O2. The van der Waals surface area contributed by atoms with Crippen molar-refractivity contribution in [2.45, 2.75) is 46.0 Å². The lowest BCUT2D eigenvalue weighted by Crippen LogP contribution is -2.19. The summed E-state index contributed by atoms with van der Waals surface area (Å²) in [6.07, 6.45) is 0. The van der Waals surface area contributed by atoms with Crippen LogP contribution in [0.4, 0.5) is 0 Å². The molecule has 112 valence electrons. The van der Waals surface area contributed by atoms with Crippen molar-refractivity contribution in [1.29, 1.82) is 0 Å². The van der Waals surface area contributed by atoms with Gasteiger partial charge in [-0.25, -0.2) is 14.5 Å². The standard InChI is InChI=1S/C16H21N3O2/c1-10(2)11-7-6-8-12(9-11)19-15(16(3,4)5)17-13(18-19)14(20)21/h6-10H,1-5H3,(H,20,21). The van der Waals surface area contributed by atoms with Gasteiger partial charge in [0.2, 0.25) is 0 Å². The van der Waals surface area contributed by atoms with Crippen LogP contribution in [-0.2, 0) is 5.41 Å². The van der Waals surface area contributed by atoms with Crippen molar-refractivity contribution in [3.8, 4) is 5.69 Å². The Hall–Kier alpha value is -2.17. The van der Waals surface area contributed by atoms with Crippen molar-refractivity contribution in [2.75, 3.05) is 0 Å². The monoisotopic (exact) mass is 287 g/mol. The molecule has 1 N–H and O–H groups in total. The van der Waals surface area contributed by atoms with Crippen molar-refractivity contribution in [3.05, 3.63) is 41.5 Å². The minimum atomic E-state index is -1.11. The first kappa shape index (κ1) is 15.2. The number of hydrogen-bond acceptors (Lipinski definition) is 3. The van der Waals surface area contributed by atoms with Gasteiger partial charge >= 0.3 is 5.97 Å². The molecule has 0 amide bonds. The highest BCUT2D eigenvalue weighted by Gasteiger charge is 2.26. The van der Waals surface area contributed by atoms with Gasteiger partial charge in [-0.2, -0.15) is 0 Å². The Morgan fingerprint density at radius 2 is 1.95 bits per heavy atom. The Kier molecular flexibility index (Phi) is 3.85. The van der Waals surface area contributed by atoms with Crippen molar-refractivity contribution in [3.63, 3.8) is 0 Å². The molecule has 0 spiro atoms. The topological polar surface area (TPSA) is 68.0 Å². The summed E-state index contributed by atoms with van der Waals surface area (Å²) in [7, 11) is 0. The second-order valence-corrected chi connectivity index (χ2v) is 6.48. The summed E-state index contributed by atoms with van der Waals surface area (Å²) in [4.78, 5) is 15.3. The Bertz CT molecular complexity index is 666. The Morgan fingerprint density at radius 1 is 1.29 bits per heavy atom. The molecule has 1 aromatic carbocycles. The van der Waals surface area contributed by atoms with Gasteiger partial charge in [0, 0.05) is 5.41 Å². The van der Waals surface area contributed by atoms with E-state index in [-0.39, 0.29) is 11.2 Å². The molecule has 5 nitrogen and oxygen atoms in total. The molecule has 0 radical (unpaired) electrons. The fourth-order valence-electron chi connectivity index (χ4n) is 2.08. The van der Waals surface area contributed by atoms with Gasteiger partial charge in [0.25, 0.3) is 5.82 Å². The van der Waals surface area contributed by atoms with Gasteiger partial charge in [-0.15, -0.1) is 5.10 Å². The van der Waals surface area contributed by atoms with Crippen LogP contribution in [0.25, 0.3) is 5.69 Å². The first-order valence-electron chi connectivity index (χ1n) is 7.01. The lowest BCUT2D eigenvalue weighted by Gasteiger charge is -2.18. The summed E-state index contributed by atoms with van der Waals surface area (Å²) in [6, 6.07) is 7.96. The first-order valence-corrected chi connectivity index (χ1v) is 7.01. The van der Waals surface area contributed by atoms with E-state index in [0.29, 0.717) is 11.7 Å². The van der Waals surface area contributed by atoms with Crippen LogP contribution >= 0.6 is 0 Å². The number of nitrogens with zero attached hydrogens (tertiary/aromatic N) is 3. The number of rotatable bonds is 3. The van der Waals surface area contributed by atoms with Crippen molar-refractivity contribution >= 4 is 5.97 Å². The molecule has 5 heteroatoms. The Morgan fingerprint density at radius 3 is 2.48 bits per heavy atom. The summed E-state index contributed by atoms with van der Waals surface area (Å²) < 4.78 is 1.63. The van der Waals surface area contributed by atoms with E-state index in [2.05, 4.69) is 30.0 Å². The minimum Gasteiger partial charge on any atom is -0.475 e. The summed E-state index contributed by atoms with van der Waals surface area (Å²) in [6.45, 7) is 10.2. The number of carboxylic acid groups (broad SMARTS) is 1. The smallest absolute Gasteiger partial charge is 0.375 e. The largest absolute Gasteiger partial charge is 0.475 e. The molecule has 0 aliphatic heterocycles. The SMILES string of the molecule is CC(C)c1cccc(-n2nc(C(=O)O)nc2C(C)(C)C)c1. The summed E-state index contributed by atoms with van der Waals surface area (Å²) in [5.41, 5.74) is 1.72. The van der Waals surface area contributed by atoms with Crippen molar-refractivity contribution < 1.29 is 9.90 Å². The van der Waals surface area contributed by atoms with E-state index >= 15 is 0 Å². The average Bonchev–Trinajstić information content (AvgIpc) is 2.84. The fourth-order valence-corrected chi connectivity index (χ4v) is 2.08. The highest BCUT2D eigenvalue weighted by Crippen LogP contribution is 2.25. The van der Waals surface area contributed by atoms with Gasteiger partial charge in [0.05, 0.1) is 5.69 Å². The van der Waals surface area contributed by atoms with Gasteiger partial charge in [-0.1, -0.05) is 46.8 Å². The van der Waals surface area contributed by atoms with Crippen molar-refractivity contribution in [2.24, 2.45) is 0 Å². The molecule has 2 rings (SSSR count). The van der Waals surface area contributed by atoms with Crippen LogP contribution in [0.2, 0.25) is 0 Å². The fraction of sp³-hybridized carbons (Fsp3) is 0.438. The lowest BCUT2D eigenvalue weighted by atomic mass is 9.95. The molecule has 0 aliphatic rings. The molecule has 0 fully saturated rings. The number of carbonyl (C=O) groups is 1. The van der Waals surface area contributed by atoms with Gasteiger partial charge in [-0.3, -0.25) is 0 Å². The van der Waals surface area contributed by atoms with Crippen molar-refractivity contribution in [1.82, 2.24) is 14.8 Å². The zero-order valence-corrected chi connectivity index (χ0v) is 13.1. The molecule has 2 aromatic rings. The summed E-state index contributed by atoms with van der Waals surface area (Å²) >= 11 is 0. The number of hydrogen-bond donors (Lipinski definition) is 1. The van der Waals surface area contributed by atoms with Crippen LogP contribution in [0.1, 0.15) is 62.5 Å². The predicted molar refractivity (Wildman–Crippen MR) is 81.1 cm³/mol. The quantitative estimate of drug-likeness (QED) is 0.939. The van der Waals surface area contributed by atoms with Gasteiger partial charge < -0.3 is 5.11 Å². The van der Waals surface area contributed by atoms with E-state index in [1.807, 2.05) is 39.0 Å². The predicted octanol–water partition coefficient (Wildman–Crippen LogP) is 3.39. The zero-order chi connectivity index (χ0) is 15.8. The third-order valence-electron chi connectivity index (χ3n) is 3.25. The lowest BCUT2D eigenvalue weighted by molar-refractivity contribution is 0.0683. The minimum absolute atomic E-state index is 0.171. The van der Waals surface area contributed by atoms with Crippen LogP contribution in [0, 0.1) is 0 Å². The van der Waals surface area contributed by atoms with Crippen LogP contribution in [0.3, 0.4) is 0 Å². The van der Waals surface area contributed by atoms with E-state index in [4.69, 9.17) is 5.11 Å². The zero-order valence-electron chi connectivity index (χ0n) is 13.1. The average molecular weight is 287 g/mol. The maximum Gasteiger partial charge on any atom is 0.375 e. The highest BCUT2D eigenvalue weighted by atomic mass is 16.4. The Labute approximate surface area is 124 Å². The number of aromatic nitrogens is 3. The van der Waals surface area contributed by atoms with Crippen LogP contribution in [0.5, 0.6) is 0 Å². The van der Waals surface area contributed by atoms with E-state index in [1.165, 1.54) is 5.56 Å². The summed E-state index contributed by atoms with van der Waals surface area (Å²) in [5, 5.41) is 13.3. The van der Waals surface area contributed by atoms with Gasteiger partial charge in [0.15, 0.2) is 0 Å². The summed E-state index contributed by atoms with van der Waals surface area (Å²) in [5.74, 6) is -0.250. The van der Waals surface area contributed by atoms with Gasteiger partial charge in [0.1, 0.15) is 5.82 Å². The van der Waals surface area contributed by atoms with Crippen LogP contribution < -0.4 is 0 Å². The molecule has 0 atom stereocenters. The third-order valence-corrected chi connectivity index (χ3v) is 3.25. The highest BCUT2D eigenvalue weighted by molar-refractivity contribution is 5.83. The van der Waals surface area contributed by atoms with E-state index in [1.54, 1.807) is 4.68 Å². The van der Waals surface area contributed by atoms with Crippen LogP contribution in [-0.4, -0.2) is 25.8 Å². The normalized spacial score (nSPS) is 11.9. The maximum atomic E-state index is 11.2. The molecule has 1 heterocycles. The van der Waals surface area contributed by atoms with E-state index in [9.17, 15) is 4.79 Å². The van der Waals surface area contributed by atoms with E-state index < -0.39 is 5.97 Å². The second kappa shape index (κ2) is 5.31. The molecule has 0 saturated heterocycles. The molecule has 0 bridgehead atoms.